The molecule has 0 bridgehead atoms. The normalized spacial score (nSPS) is 11.9. The fourth-order valence-electron chi connectivity index (χ4n) is 1.69. The number of aromatic nitrogens is 2. The van der Waals surface area contributed by atoms with Crippen molar-refractivity contribution >= 4 is 18.5 Å². The van der Waals surface area contributed by atoms with Crippen LogP contribution < -0.4 is 4.52 Å². The van der Waals surface area contributed by atoms with Crippen molar-refractivity contribution in [2.24, 2.45) is 5.41 Å². The number of hydrogen-bond acceptors (Lipinski definition) is 10. The van der Waals surface area contributed by atoms with Crippen molar-refractivity contribution in [2.75, 3.05) is 39.6 Å². The Kier molecular flexibility index (Phi) is 13.2. The van der Waals surface area contributed by atoms with E-state index in [1.165, 1.54) is 0 Å². The highest BCUT2D eigenvalue weighted by molar-refractivity contribution is 8.07. The van der Waals surface area contributed by atoms with Crippen molar-refractivity contribution in [1.29, 1.82) is 0 Å². The number of aryl methyl sites for hydroxylation is 1. The van der Waals surface area contributed by atoms with E-state index in [2.05, 4.69) is 9.97 Å². The number of aliphatic hydroxyl groups is 4. The van der Waals surface area contributed by atoms with Gasteiger partial charge >= 0.3 is 6.72 Å². The lowest BCUT2D eigenvalue weighted by Gasteiger charge is -2.23. The summed E-state index contributed by atoms with van der Waals surface area (Å²) in [4.78, 5) is 8.71. The first-order chi connectivity index (χ1) is 13.1. The highest BCUT2D eigenvalue weighted by atomic mass is 32.5. The van der Waals surface area contributed by atoms with E-state index in [1.807, 2.05) is 34.6 Å². The zero-order valence-electron chi connectivity index (χ0n) is 17.2. The second-order valence-electron chi connectivity index (χ2n) is 6.37. The summed E-state index contributed by atoms with van der Waals surface area (Å²) >= 11 is 5.32. The SMILES string of the molecule is CCOP(=S)(OCC)Oc1cc(C)nc(C(C)C)n1.OCC(CO)(CO)CO. The van der Waals surface area contributed by atoms with Crippen molar-refractivity contribution < 1.29 is 34.0 Å². The minimum Gasteiger partial charge on any atom is -0.406 e. The fraction of sp³-hybridized carbons (Fsp3) is 0.765. The Hall–Kier alpha value is -0.710. The highest BCUT2D eigenvalue weighted by Gasteiger charge is 2.26. The number of hydrogen-bond donors (Lipinski definition) is 4. The number of rotatable bonds is 11. The summed E-state index contributed by atoms with van der Waals surface area (Å²) < 4.78 is 16.6. The molecule has 0 aromatic carbocycles. The molecule has 0 spiro atoms. The van der Waals surface area contributed by atoms with Crippen LogP contribution in [0.1, 0.15) is 45.1 Å². The summed E-state index contributed by atoms with van der Waals surface area (Å²) in [5, 5.41) is 34.0. The third kappa shape index (κ3) is 9.19. The van der Waals surface area contributed by atoms with E-state index in [4.69, 9.17) is 45.8 Å². The van der Waals surface area contributed by atoms with E-state index >= 15 is 0 Å². The summed E-state index contributed by atoms with van der Waals surface area (Å²) in [5.41, 5.74) is -0.275. The van der Waals surface area contributed by atoms with Gasteiger partial charge in [0, 0.05) is 29.5 Å². The van der Waals surface area contributed by atoms with Crippen LogP contribution in [0.4, 0.5) is 0 Å². The highest BCUT2D eigenvalue weighted by Crippen LogP contribution is 2.49. The Morgan fingerprint density at radius 1 is 1.00 bits per heavy atom. The van der Waals surface area contributed by atoms with Gasteiger partial charge in [-0.05, 0) is 20.8 Å². The van der Waals surface area contributed by atoms with Gasteiger partial charge < -0.3 is 24.9 Å². The van der Waals surface area contributed by atoms with E-state index in [0.29, 0.717) is 19.1 Å². The molecule has 11 heteroatoms. The second kappa shape index (κ2) is 13.5. The van der Waals surface area contributed by atoms with Crippen LogP contribution in [-0.4, -0.2) is 70.0 Å². The van der Waals surface area contributed by atoms with Crippen molar-refractivity contribution in [3.05, 3.63) is 17.6 Å². The molecule has 4 N–H and O–H groups in total. The zero-order chi connectivity index (χ0) is 21.8. The lowest BCUT2D eigenvalue weighted by molar-refractivity contribution is -0.0328. The van der Waals surface area contributed by atoms with E-state index in [0.717, 1.165) is 11.5 Å². The van der Waals surface area contributed by atoms with Crippen LogP contribution in [0.3, 0.4) is 0 Å². The van der Waals surface area contributed by atoms with Gasteiger partial charge in [-0.3, -0.25) is 9.05 Å². The molecule has 0 unspecified atom stereocenters. The van der Waals surface area contributed by atoms with Crippen LogP contribution in [0, 0.1) is 12.3 Å². The van der Waals surface area contributed by atoms with Crippen molar-refractivity contribution in [2.45, 2.75) is 40.5 Å². The standard InChI is InChI=1S/C12H21N2O3PS.C5H12O4/c1-6-15-18(19,16-7-2)17-11-8-10(5)13-12(14-11)9(3)4;6-1-5(2-7,3-8)4-9/h8-9H,6-7H2,1-5H3;6-9H,1-4H2. The van der Waals surface area contributed by atoms with E-state index in [-0.39, 0.29) is 5.92 Å². The van der Waals surface area contributed by atoms with Gasteiger partial charge in [0.2, 0.25) is 5.88 Å². The Labute approximate surface area is 172 Å². The van der Waals surface area contributed by atoms with Crippen LogP contribution in [0.2, 0.25) is 0 Å². The molecule has 0 aliphatic heterocycles. The lowest BCUT2D eigenvalue weighted by atomic mass is 9.93. The molecular weight excluding hydrogens is 407 g/mol. The molecule has 1 aromatic heterocycles. The van der Waals surface area contributed by atoms with Crippen LogP contribution in [0.15, 0.2) is 6.07 Å². The lowest BCUT2D eigenvalue weighted by Crippen LogP contribution is -2.37. The number of aliphatic hydroxyl groups excluding tert-OH is 4. The van der Waals surface area contributed by atoms with Gasteiger partial charge in [0.15, 0.2) is 0 Å². The predicted octanol–water partition coefficient (Wildman–Crippen LogP) is 1.53. The number of nitrogens with zero attached hydrogens (tertiary/aromatic N) is 2. The van der Waals surface area contributed by atoms with Gasteiger partial charge in [-0.25, -0.2) is 4.98 Å². The average molecular weight is 440 g/mol. The Morgan fingerprint density at radius 2 is 1.46 bits per heavy atom. The van der Waals surface area contributed by atoms with Crippen molar-refractivity contribution in [1.82, 2.24) is 9.97 Å². The molecule has 1 rings (SSSR count). The fourth-order valence-corrected chi connectivity index (χ4v) is 3.68. The first-order valence-electron chi connectivity index (χ1n) is 9.02. The maximum atomic E-state index is 8.50. The molecule has 9 nitrogen and oxygen atoms in total. The van der Waals surface area contributed by atoms with Gasteiger partial charge in [-0.2, -0.15) is 4.98 Å². The minimum absolute atomic E-state index is 0.222. The smallest absolute Gasteiger partial charge is 0.381 e. The van der Waals surface area contributed by atoms with Gasteiger partial charge in [0.25, 0.3) is 0 Å². The zero-order valence-corrected chi connectivity index (χ0v) is 18.9. The molecule has 164 valence electrons. The molecule has 0 saturated heterocycles. The largest absolute Gasteiger partial charge is 0.406 e. The van der Waals surface area contributed by atoms with Gasteiger partial charge in [0.1, 0.15) is 5.82 Å². The molecule has 0 radical (unpaired) electrons. The maximum absolute atomic E-state index is 8.50. The summed E-state index contributed by atoms with van der Waals surface area (Å²) in [6, 6.07) is 1.74. The molecule has 0 fully saturated rings. The van der Waals surface area contributed by atoms with E-state index in [1.54, 1.807) is 6.07 Å². The first-order valence-corrected chi connectivity index (χ1v) is 11.6. The third-order valence-corrected chi connectivity index (χ3v) is 5.90. The quantitative estimate of drug-likeness (QED) is 0.375. The molecule has 0 atom stereocenters. The van der Waals surface area contributed by atoms with Crippen LogP contribution >= 0.6 is 6.72 Å². The molecule has 1 heterocycles. The van der Waals surface area contributed by atoms with Crippen LogP contribution in [-0.2, 0) is 20.9 Å². The molecule has 0 aliphatic carbocycles. The maximum Gasteiger partial charge on any atom is 0.381 e. The molecule has 28 heavy (non-hydrogen) atoms. The minimum atomic E-state index is -2.77. The predicted molar refractivity (Wildman–Crippen MR) is 110 cm³/mol. The van der Waals surface area contributed by atoms with Crippen LogP contribution in [0.5, 0.6) is 5.88 Å². The summed E-state index contributed by atoms with van der Waals surface area (Å²) in [5.74, 6) is 1.37. The third-order valence-electron chi connectivity index (χ3n) is 3.49. The van der Waals surface area contributed by atoms with Gasteiger partial charge in [-0.1, -0.05) is 13.8 Å². The van der Waals surface area contributed by atoms with Crippen LogP contribution in [0.25, 0.3) is 0 Å². The summed E-state index contributed by atoms with van der Waals surface area (Å²) in [7, 11) is 0. The molecule has 0 saturated carbocycles. The van der Waals surface area contributed by atoms with Crippen molar-refractivity contribution in [3.63, 3.8) is 0 Å². The Balaban J connectivity index is 0.000000684. The summed E-state index contributed by atoms with van der Waals surface area (Å²) in [6.45, 7) is 6.15. The summed E-state index contributed by atoms with van der Waals surface area (Å²) in [6.07, 6.45) is 0. The topological polar surface area (TPSA) is 134 Å². The first kappa shape index (κ1) is 27.3. The molecule has 0 aliphatic rings. The van der Waals surface area contributed by atoms with Crippen molar-refractivity contribution in [3.8, 4) is 5.88 Å². The average Bonchev–Trinajstić information content (AvgIpc) is 2.64. The molecule has 1 aromatic rings. The molecular formula is C17H33N2O7PS. The van der Waals surface area contributed by atoms with Gasteiger partial charge in [-0.15, -0.1) is 0 Å². The Morgan fingerprint density at radius 3 is 1.79 bits per heavy atom. The second-order valence-corrected chi connectivity index (χ2v) is 9.30. The van der Waals surface area contributed by atoms with E-state index in [9.17, 15) is 0 Å². The molecule has 0 amide bonds. The Bertz CT molecular complexity index is 588. The monoisotopic (exact) mass is 440 g/mol. The van der Waals surface area contributed by atoms with Gasteiger partial charge in [0.05, 0.1) is 45.1 Å². The van der Waals surface area contributed by atoms with E-state index < -0.39 is 38.6 Å².